The number of esters is 1. The fourth-order valence-corrected chi connectivity index (χ4v) is 8.30. The first-order chi connectivity index (χ1) is 13.0. The monoisotopic (exact) mass is 398 g/mol. The minimum Gasteiger partial charge on any atom is -0.434 e. The highest BCUT2D eigenvalue weighted by molar-refractivity contribution is 6.73. The number of hydrogen-bond donors (Lipinski definition) is 0. The average Bonchev–Trinajstić information content (AvgIpc) is 2.65. The first kappa shape index (κ1) is 26.4. The molecule has 0 saturated heterocycles. The Kier molecular flexibility index (Phi) is 17.1. The van der Waals surface area contributed by atoms with Gasteiger partial charge in [-0.15, -0.1) is 0 Å². The predicted molar refractivity (Wildman–Crippen MR) is 119 cm³/mol. The molecule has 0 N–H and O–H groups in total. The molecule has 27 heavy (non-hydrogen) atoms. The molecule has 0 amide bonds. The van der Waals surface area contributed by atoms with Crippen LogP contribution in [0.2, 0.25) is 18.1 Å². The zero-order valence-corrected chi connectivity index (χ0v) is 19.7. The number of rotatable bonds is 19. The summed E-state index contributed by atoms with van der Waals surface area (Å²) in [4.78, 5) is 11.6. The van der Waals surface area contributed by atoms with Crippen LogP contribution in [0.15, 0.2) is 12.7 Å². The Hall–Kier alpha value is -0.613. The molecule has 0 aromatic carbocycles. The van der Waals surface area contributed by atoms with Gasteiger partial charge < -0.3 is 9.16 Å². The summed E-state index contributed by atoms with van der Waals surface area (Å²) < 4.78 is 12.0. The Balaban J connectivity index is 5.00. The fraction of sp³-hybridized carbons (Fsp3) is 0.870. The van der Waals surface area contributed by atoms with Crippen molar-refractivity contribution in [2.45, 2.75) is 129 Å². The van der Waals surface area contributed by atoms with Crippen LogP contribution in [-0.4, -0.2) is 20.6 Å². The molecule has 0 saturated carbocycles. The molecule has 1 atom stereocenters. The minimum atomic E-state index is -1.90. The van der Waals surface area contributed by atoms with Crippen LogP contribution >= 0.6 is 0 Å². The Labute approximate surface area is 170 Å². The lowest BCUT2D eigenvalue weighted by Crippen LogP contribution is -2.42. The van der Waals surface area contributed by atoms with E-state index in [0.29, 0.717) is 0 Å². The number of carbonyl (C=O) groups is 1. The Morgan fingerprint density at radius 3 is 1.56 bits per heavy atom. The molecule has 0 bridgehead atoms. The summed E-state index contributed by atoms with van der Waals surface area (Å²) in [7, 11) is -1.90. The molecule has 0 spiro atoms. The van der Waals surface area contributed by atoms with Crippen molar-refractivity contribution in [3.8, 4) is 0 Å². The van der Waals surface area contributed by atoms with Crippen LogP contribution < -0.4 is 0 Å². The van der Waals surface area contributed by atoms with Gasteiger partial charge in [-0.25, -0.2) is 4.79 Å². The highest BCUT2D eigenvalue weighted by atomic mass is 28.4. The first-order valence-electron chi connectivity index (χ1n) is 11.5. The van der Waals surface area contributed by atoms with Crippen molar-refractivity contribution in [1.82, 2.24) is 0 Å². The second-order valence-electron chi connectivity index (χ2n) is 7.94. The van der Waals surface area contributed by atoms with Crippen LogP contribution in [0.1, 0.15) is 105 Å². The molecule has 0 fully saturated rings. The molecule has 0 rings (SSSR count). The minimum absolute atomic E-state index is 0.381. The zero-order valence-electron chi connectivity index (χ0n) is 18.7. The van der Waals surface area contributed by atoms with Gasteiger partial charge in [-0.1, -0.05) is 104 Å². The summed E-state index contributed by atoms with van der Waals surface area (Å²) in [5.74, 6) is -0.381. The number of unbranched alkanes of at least 4 members (excludes halogenated alkanes) is 9. The van der Waals surface area contributed by atoms with E-state index in [0.717, 1.165) is 0 Å². The van der Waals surface area contributed by atoms with Crippen molar-refractivity contribution in [1.29, 1.82) is 0 Å². The van der Waals surface area contributed by atoms with Crippen LogP contribution in [0.3, 0.4) is 0 Å². The molecular weight excluding hydrogens is 352 g/mol. The topological polar surface area (TPSA) is 35.5 Å². The second-order valence-corrected chi connectivity index (χ2v) is 12.0. The summed E-state index contributed by atoms with van der Waals surface area (Å²) in [6, 6.07) is 3.63. The Morgan fingerprint density at radius 2 is 1.22 bits per heavy atom. The van der Waals surface area contributed by atoms with Crippen molar-refractivity contribution < 1.29 is 14.0 Å². The van der Waals surface area contributed by atoms with E-state index in [4.69, 9.17) is 9.16 Å². The van der Waals surface area contributed by atoms with Crippen LogP contribution in [-0.2, 0) is 14.0 Å². The van der Waals surface area contributed by atoms with Crippen molar-refractivity contribution in [2.24, 2.45) is 0 Å². The van der Waals surface area contributed by atoms with Gasteiger partial charge >= 0.3 is 5.97 Å². The average molecular weight is 399 g/mol. The molecule has 0 radical (unpaired) electrons. The van der Waals surface area contributed by atoms with Crippen molar-refractivity contribution in [3.05, 3.63) is 12.7 Å². The third-order valence-corrected chi connectivity index (χ3v) is 9.95. The number of hydrogen-bond acceptors (Lipinski definition) is 3. The van der Waals surface area contributed by atoms with Crippen LogP contribution in [0, 0.1) is 0 Å². The molecule has 0 aromatic rings. The zero-order chi connectivity index (χ0) is 20.4. The first-order valence-corrected chi connectivity index (χ1v) is 14.1. The second kappa shape index (κ2) is 17.5. The maximum Gasteiger partial charge on any atom is 0.332 e. The molecule has 3 nitrogen and oxygen atoms in total. The Morgan fingerprint density at radius 1 is 0.815 bits per heavy atom. The van der Waals surface area contributed by atoms with E-state index >= 15 is 0 Å². The van der Waals surface area contributed by atoms with Gasteiger partial charge in [-0.05, 0) is 25.1 Å². The van der Waals surface area contributed by atoms with E-state index < -0.39 is 14.6 Å². The maximum atomic E-state index is 11.6. The van der Waals surface area contributed by atoms with E-state index in [-0.39, 0.29) is 5.97 Å². The molecule has 4 heteroatoms. The van der Waals surface area contributed by atoms with Crippen molar-refractivity contribution >= 4 is 14.3 Å². The van der Waals surface area contributed by atoms with E-state index in [1.165, 1.54) is 101 Å². The maximum absolute atomic E-state index is 11.6. The molecule has 0 aliphatic rings. The molecule has 1 unspecified atom stereocenters. The van der Waals surface area contributed by atoms with Gasteiger partial charge in [-0.2, -0.15) is 0 Å². The van der Waals surface area contributed by atoms with Gasteiger partial charge in [0.25, 0.3) is 0 Å². The summed E-state index contributed by atoms with van der Waals surface area (Å²) in [5.41, 5.74) is 0. The summed E-state index contributed by atoms with van der Waals surface area (Å²) in [5, 5.41) is 0. The Bertz CT molecular complexity index is 339. The molecule has 0 aliphatic carbocycles. The highest BCUT2D eigenvalue weighted by Crippen LogP contribution is 2.32. The van der Waals surface area contributed by atoms with Gasteiger partial charge in [0.1, 0.15) is 0 Å². The van der Waals surface area contributed by atoms with E-state index in [9.17, 15) is 4.79 Å². The molecule has 0 aliphatic heterocycles. The number of carbonyl (C=O) groups excluding carboxylic acids is 1. The SMILES string of the molecule is C=CC(=O)OC(C)O[Si](CCCCCC)(CCCCCC)CCCCCC. The standard InChI is InChI=1S/C23H46O3Si/c1-6-10-13-16-19-27(20-17-14-11-7-2,21-18-15-12-8-3)26-22(5)25-23(24)9-4/h9,22H,4,6-8,10-21H2,1-3,5H3. The van der Waals surface area contributed by atoms with Gasteiger partial charge in [0, 0.05) is 6.08 Å². The number of ether oxygens (including phenoxy) is 1. The fourth-order valence-electron chi connectivity index (χ4n) is 3.76. The third-order valence-electron chi connectivity index (χ3n) is 5.32. The van der Waals surface area contributed by atoms with E-state index in [1.807, 2.05) is 6.92 Å². The summed E-state index contributed by atoms with van der Waals surface area (Å²) in [6.45, 7) is 12.2. The molecular formula is C23H46O3Si. The van der Waals surface area contributed by atoms with Gasteiger partial charge in [0.2, 0.25) is 0 Å². The molecule has 0 heterocycles. The lowest BCUT2D eigenvalue weighted by atomic mass is 10.2. The van der Waals surface area contributed by atoms with Crippen molar-refractivity contribution in [3.63, 3.8) is 0 Å². The van der Waals surface area contributed by atoms with E-state index in [2.05, 4.69) is 27.4 Å². The molecule has 160 valence electrons. The van der Waals surface area contributed by atoms with Gasteiger partial charge in [0.05, 0.1) is 0 Å². The predicted octanol–water partition coefficient (Wildman–Crippen LogP) is 7.76. The summed E-state index contributed by atoms with van der Waals surface area (Å²) >= 11 is 0. The lowest BCUT2D eigenvalue weighted by Gasteiger charge is -2.34. The van der Waals surface area contributed by atoms with Crippen molar-refractivity contribution in [2.75, 3.05) is 0 Å². The molecule has 0 aromatic heterocycles. The lowest BCUT2D eigenvalue weighted by molar-refractivity contribution is -0.156. The normalized spacial score (nSPS) is 12.7. The largest absolute Gasteiger partial charge is 0.434 e. The van der Waals surface area contributed by atoms with Gasteiger partial charge in [-0.3, -0.25) is 0 Å². The van der Waals surface area contributed by atoms with Crippen LogP contribution in [0.5, 0.6) is 0 Å². The van der Waals surface area contributed by atoms with Crippen LogP contribution in [0.25, 0.3) is 0 Å². The summed E-state index contributed by atoms with van der Waals surface area (Å²) in [6.07, 6.45) is 16.1. The highest BCUT2D eigenvalue weighted by Gasteiger charge is 2.36. The smallest absolute Gasteiger partial charge is 0.332 e. The van der Waals surface area contributed by atoms with E-state index in [1.54, 1.807) is 0 Å². The third kappa shape index (κ3) is 14.1. The van der Waals surface area contributed by atoms with Gasteiger partial charge in [0.15, 0.2) is 14.6 Å². The quantitative estimate of drug-likeness (QED) is 0.0733. The van der Waals surface area contributed by atoms with Crippen LogP contribution in [0.4, 0.5) is 0 Å².